The number of hydrogen-bond acceptors (Lipinski definition) is 4. The number of nitrogens with one attached hydrogen (secondary N) is 1. The zero-order valence-electron chi connectivity index (χ0n) is 18.7. The highest BCUT2D eigenvalue weighted by atomic mass is 16.5. The Labute approximate surface area is 192 Å². The minimum atomic E-state index is -0.758. The van der Waals surface area contributed by atoms with Crippen LogP contribution in [0.15, 0.2) is 72.3 Å². The van der Waals surface area contributed by atoms with E-state index >= 15 is 0 Å². The van der Waals surface area contributed by atoms with Gasteiger partial charge < -0.3 is 4.74 Å². The van der Waals surface area contributed by atoms with Crippen LogP contribution >= 0.6 is 0 Å². The van der Waals surface area contributed by atoms with Crippen molar-refractivity contribution in [2.24, 2.45) is 0 Å². The maximum Gasteiger partial charge on any atom is 0.335 e. The highest BCUT2D eigenvalue weighted by Gasteiger charge is 2.37. The predicted octanol–water partition coefficient (Wildman–Crippen LogP) is 4.86. The number of hydrogen-bond donors (Lipinski definition) is 1. The van der Waals surface area contributed by atoms with Crippen LogP contribution in [0.25, 0.3) is 6.08 Å². The van der Waals surface area contributed by atoms with Crippen LogP contribution in [0.2, 0.25) is 0 Å². The largest absolute Gasteiger partial charge is 0.489 e. The van der Waals surface area contributed by atoms with Crippen molar-refractivity contribution < 1.29 is 19.1 Å². The van der Waals surface area contributed by atoms with E-state index in [1.165, 1.54) is 17.2 Å². The van der Waals surface area contributed by atoms with Crippen molar-refractivity contribution in [1.29, 1.82) is 0 Å². The van der Waals surface area contributed by atoms with Crippen molar-refractivity contribution in [3.63, 3.8) is 0 Å². The number of urea groups is 1. The van der Waals surface area contributed by atoms with Crippen LogP contribution < -0.4 is 15.0 Å². The van der Waals surface area contributed by atoms with Gasteiger partial charge in [0, 0.05) is 0 Å². The van der Waals surface area contributed by atoms with E-state index in [1.807, 2.05) is 12.1 Å². The number of anilines is 1. The summed E-state index contributed by atoms with van der Waals surface area (Å²) in [4.78, 5) is 38.8. The lowest BCUT2D eigenvalue weighted by Gasteiger charge is -2.27. The van der Waals surface area contributed by atoms with E-state index < -0.39 is 17.8 Å². The Morgan fingerprint density at radius 3 is 2.27 bits per heavy atom. The Morgan fingerprint density at radius 2 is 1.58 bits per heavy atom. The molecule has 3 aromatic carbocycles. The number of nitrogens with zero attached hydrogens (tertiary/aromatic N) is 1. The van der Waals surface area contributed by atoms with E-state index in [2.05, 4.69) is 31.3 Å². The van der Waals surface area contributed by atoms with Crippen molar-refractivity contribution in [3.8, 4) is 5.75 Å². The highest BCUT2D eigenvalue weighted by Crippen LogP contribution is 2.25. The Kier molecular flexibility index (Phi) is 6.09. The fraction of sp³-hybridized carbons (Fsp3) is 0.148. The summed E-state index contributed by atoms with van der Waals surface area (Å²) >= 11 is 0. The number of barbiturate groups is 1. The molecule has 0 spiro atoms. The van der Waals surface area contributed by atoms with E-state index in [0.29, 0.717) is 23.6 Å². The molecule has 0 unspecified atom stereocenters. The molecule has 0 aromatic heterocycles. The van der Waals surface area contributed by atoms with Gasteiger partial charge in [0.25, 0.3) is 11.8 Å². The molecule has 0 bridgehead atoms. The topological polar surface area (TPSA) is 75.7 Å². The molecule has 0 saturated carbocycles. The van der Waals surface area contributed by atoms with Crippen LogP contribution in [0.3, 0.4) is 0 Å². The first-order valence-electron chi connectivity index (χ1n) is 10.6. The zero-order chi connectivity index (χ0) is 23.5. The smallest absolute Gasteiger partial charge is 0.335 e. The van der Waals surface area contributed by atoms with Gasteiger partial charge in [-0.15, -0.1) is 0 Å². The lowest BCUT2D eigenvalue weighted by Crippen LogP contribution is -2.54. The van der Waals surface area contributed by atoms with Crippen LogP contribution in [-0.4, -0.2) is 17.8 Å². The Morgan fingerprint density at radius 1 is 0.848 bits per heavy atom. The molecule has 1 aliphatic heterocycles. The third-order valence-electron chi connectivity index (χ3n) is 5.63. The molecular formula is C27H24N2O4. The summed E-state index contributed by atoms with van der Waals surface area (Å²) in [6.45, 7) is 6.38. The van der Waals surface area contributed by atoms with Gasteiger partial charge in [-0.05, 0) is 72.9 Å². The van der Waals surface area contributed by atoms with E-state index in [9.17, 15) is 14.4 Å². The normalized spacial score (nSPS) is 15.1. The van der Waals surface area contributed by atoms with E-state index in [0.717, 1.165) is 16.0 Å². The van der Waals surface area contributed by atoms with Crippen molar-refractivity contribution in [1.82, 2.24) is 5.32 Å². The quantitative estimate of drug-likeness (QED) is 0.454. The molecule has 166 valence electrons. The van der Waals surface area contributed by atoms with Crippen LogP contribution in [-0.2, 0) is 16.2 Å². The average Bonchev–Trinajstić information content (AvgIpc) is 2.79. The highest BCUT2D eigenvalue weighted by molar-refractivity contribution is 6.39. The molecule has 6 heteroatoms. The molecule has 0 aliphatic carbocycles. The summed E-state index contributed by atoms with van der Waals surface area (Å²) in [5.41, 5.74) is 5.25. The number of imide groups is 2. The lowest BCUT2D eigenvalue weighted by molar-refractivity contribution is -0.122. The molecule has 1 saturated heterocycles. The Balaban J connectivity index is 1.52. The summed E-state index contributed by atoms with van der Waals surface area (Å²) in [7, 11) is 0. The van der Waals surface area contributed by atoms with Gasteiger partial charge in [-0.2, -0.15) is 0 Å². The minimum Gasteiger partial charge on any atom is -0.489 e. The molecule has 6 nitrogen and oxygen atoms in total. The zero-order valence-corrected chi connectivity index (χ0v) is 18.7. The molecular weight excluding hydrogens is 416 g/mol. The summed E-state index contributed by atoms with van der Waals surface area (Å²) in [5.74, 6) is -0.704. The number of carbonyl (C=O) groups is 3. The second-order valence-electron chi connectivity index (χ2n) is 8.02. The summed E-state index contributed by atoms with van der Waals surface area (Å²) in [6, 6.07) is 19.6. The van der Waals surface area contributed by atoms with Gasteiger partial charge in [0.05, 0.1) is 5.69 Å². The van der Waals surface area contributed by atoms with E-state index in [4.69, 9.17) is 4.74 Å². The summed E-state index contributed by atoms with van der Waals surface area (Å²) in [6.07, 6.45) is 1.47. The van der Waals surface area contributed by atoms with Crippen molar-refractivity contribution in [3.05, 3.63) is 100 Å². The van der Waals surface area contributed by atoms with E-state index in [1.54, 1.807) is 49.4 Å². The van der Waals surface area contributed by atoms with Gasteiger partial charge in [-0.1, -0.05) is 48.5 Å². The molecule has 0 radical (unpaired) electrons. The van der Waals surface area contributed by atoms with Crippen LogP contribution in [0.4, 0.5) is 10.5 Å². The van der Waals surface area contributed by atoms with Crippen molar-refractivity contribution in [2.45, 2.75) is 27.4 Å². The van der Waals surface area contributed by atoms with Gasteiger partial charge in [-0.25, -0.2) is 9.69 Å². The summed E-state index contributed by atoms with van der Waals surface area (Å²) < 4.78 is 5.86. The number of amides is 4. The lowest BCUT2D eigenvalue weighted by atomic mass is 10.1. The minimum absolute atomic E-state index is 0.110. The molecule has 1 fully saturated rings. The third-order valence-corrected chi connectivity index (χ3v) is 5.63. The number of benzene rings is 3. The van der Waals surface area contributed by atoms with Crippen LogP contribution in [0.5, 0.6) is 5.75 Å². The molecule has 1 aliphatic rings. The second-order valence-corrected chi connectivity index (χ2v) is 8.02. The molecule has 4 rings (SSSR count). The van der Waals surface area contributed by atoms with Crippen molar-refractivity contribution >= 4 is 29.6 Å². The fourth-order valence-electron chi connectivity index (χ4n) is 3.58. The predicted molar refractivity (Wildman–Crippen MR) is 127 cm³/mol. The number of rotatable bonds is 5. The average molecular weight is 440 g/mol. The van der Waals surface area contributed by atoms with Gasteiger partial charge in [0.15, 0.2) is 0 Å². The second kappa shape index (κ2) is 9.12. The van der Waals surface area contributed by atoms with Crippen LogP contribution in [0.1, 0.15) is 27.8 Å². The first-order chi connectivity index (χ1) is 15.8. The number of carbonyl (C=O) groups excluding carboxylic acids is 3. The maximum atomic E-state index is 13.0. The van der Waals surface area contributed by atoms with Gasteiger partial charge >= 0.3 is 6.03 Å². The monoisotopic (exact) mass is 440 g/mol. The number of para-hydroxylation sites is 1. The third kappa shape index (κ3) is 4.70. The molecule has 4 amide bonds. The first kappa shape index (κ1) is 22.0. The molecule has 1 heterocycles. The molecule has 33 heavy (non-hydrogen) atoms. The SMILES string of the molecule is Cc1ccc(COc2ccc(/C=C3\C(=O)NC(=O)N(c4ccccc4C)C3=O)cc2)cc1C. The number of ether oxygens (including phenoxy) is 1. The summed E-state index contributed by atoms with van der Waals surface area (Å²) in [5, 5.41) is 2.25. The maximum absolute atomic E-state index is 13.0. The molecule has 0 atom stereocenters. The first-order valence-corrected chi connectivity index (χ1v) is 10.6. The van der Waals surface area contributed by atoms with E-state index in [-0.39, 0.29) is 5.57 Å². The van der Waals surface area contributed by atoms with Crippen LogP contribution in [0, 0.1) is 20.8 Å². The molecule has 1 N–H and O–H groups in total. The van der Waals surface area contributed by atoms with Crippen molar-refractivity contribution in [2.75, 3.05) is 4.90 Å². The Hall–Kier alpha value is -4.19. The molecule has 3 aromatic rings. The van der Waals surface area contributed by atoms with Gasteiger partial charge in [0.2, 0.25) is 0 Å². The fourth-order valence-corrected chi connectivity index (χ4v) is 3.58. The standard InChI is InChI=1S/C27H24N2O4/c1-17-8-9-21(14-19(17)3)16-33-22-12-10-20(11-13-22)15-23-25(30)28-27(32)29(26(23)31)24-7-5-4-6-18(24)2/h4-15H,16H2,1-3H3,(H,28,30,32)/b23-15+. The Bertz CT molecular complexity index is 1280. The van der Waals surface area contributed by atoms with Gasteiger partial charge in [-0.3, -0.25) is 14.9 Å². The number of aryl methyl sites for hydroxylation is 3. The van der Waals surface area contributed by atoms with Gasteiger partial charge in [0.1, 0.15) is 17.9 Å².